The minimum atomic E-state index is -1.55. The summed E-state index contributed by atoms with van der Waals surface area (Å²) in [5, 5.41) is 18.8. The third-order valence-corrected chi connectivity index (χ3v) is 1.41. The summed E-state index contributed by atoms with van der Waals surface area (Å²) in [5.41, 5.74) is -0.432. The van der Waals surface area contributed by atoms with Gasteiger partial charge in [0.05, 0.1) is 6.61 Å². The van der Waals surface area contributed by atoms with E-state index in [0.29, 0.717) is 5.56 Å². The number of aliphatic hydroxyl groups excluding tert-OH is 1. The lowest BCUT2D eigenvalue weighted by molar-refractivity contribution is -0.257. The number of carbonyl (C=O) groups excluding carboxylic acids is 1. The second-order valence-corrected chi connectivity index (χ2v) is 2.45. The molecule has 1 rings (SSSR count). The average Bonchev–Trinajstić information content (AvgIpc) is 2.14. The fourth-order valence-corrected chi connectivity index (χ4v) is 0.882. The van der Waals surface area contributed by atoms with Crippen molar-refractivity contribution in [2.24, 2.45) is 0 Å². The summed E-state index contributed by atoms with van der Waals surface area (Å²) in [6.07, 6.45) is 2.77. The molecule has 0 aliphatic rings. The van der Waals surface area contributed by atoms with Gasteiger partial charge in [0.1, 0.15) is 5.97 Å². The number of aliphatic hydroxyl groups is 1. The molecule has 0 unspecified atom stereocenters. The highest BCUT2D eigenvalue weighted by molar-refractivity contribution is 5.82. The van der Waals surface area contributed by atoms with Crippen molar-refractivity contribution in [3.05, 3.63) is 40.0 Å². The number of hydrogen-bond acceptors (Lipinski definition) is 5. The van der Waals surface area contributed by atoms with Crippen LogP contribution in [0.1, 0.15) is 16.1 Å². The van der Waals surface area contributed by atoms with Gasteiger partial charge in [-0.3, -0.25) is 0 Å². The van der Waals surface area contributed by atoms with Crippen LogP contribution in [0.2, 0.25) is 0 Å². The Labute approximate surface area is 78.9 Å². The van der Waals surface area contributed by atoms with E-state index in [1.807, 2.05) is 0 Å². The van der Waals surface area contributed by atoms with Crippen LogP contribution in [0.15, 0.2) is 27.4 Å². The molecule has 0 saturated heterocycles. The van der Waals surface area contributed by atoms with Gasteiger partial charge in [0, 0.05) is 6.07 Å². The Balaban J connectivity index is 3.14. The zero-order chi connectivity index (χ0) is 10.6. The molecule has 0 atom stereocenters. The maximum Gasteiger partial charge on any atom is 0.336 e. The Morgan fingerprint density at radius 1 is 1.57 bits per heavy atom. The molecule has 1 N–H and O–H groups in total. The van der Waals surface area contributed by atoms with E-state index in [0.717, 1.165) is 12.1 Å². The van der Waals surface area contributed by atoms with Crippen molar-refractivity contribution in [3.8, 4) is 0 Å². The molecule has 0 fully saturated rings. The second kappa shape index (κ2) is 4.38. The van der Waals surface area contributed by atoms with Gasteiger partial charge in [-0.2, -0.15) is 0 Å². The molecule has 0 aliphatic heterocycles. The van der Waals surface area contributed by atoms with E-state index in [2.05, 4.69) is 4.42 Å². The molecule has 0 aliphatic carbocycles. The quantitative estimate of drug-likeness (QED) is 0.668. The highest BCUT2D eigenvalue weighted by atomic mass is 16.4. The van der Waals surface area contributed by atoms with Crippen molar-refractivity contribution in [1.82, 2.24) is 0 Å². The van der Waals surface area contributed by atoms with Crippen LogP contribution in [0.5, 0.6) is 0 Å². The molecule has 0 amide bonds. The second-order valence-electron chi connectivity index (χ2n) is 2.45. The smallest absolute Gasteiger partial charge is 0.336 e. The first kappa shape index (κ1) is 10.2. The highest BCUT2D eigenvalue weighted by Crippen LogP contribution is 2.02. The third-order valence-electron chi connectivity index (χ3n) is 1.41. The van der Waals surface area contributed by atoms with E-state index < -0.39 is 17.4 Å². The summed E-state index contributed by atoms with van der Waals surface area (Å²) in [7, 11) is 0. The summed E-state index contributed by atoms with van der Waals surface area (Å²) < 4.78 is 4.35. The van der Waals surface area contributed by atoms with Crippen LogP contribution in [0.25, 0.3) is 6.08 Å². The van der Waals surface area contributed by atoms with E-state index in [9.17, 15) is 14.7 Å². The van der Waals surface area contributed by atoms with Crippen molar-refractivity contribution in [2.45, 2.75) is 0 Å². The van der Waals surface area contributed by atoms with Crippen LogP contribution < -0.4 is 10.7 Å². The minimum absolute atomic E-state index is 0.194. The summed E-state index contributed by atoms with van der Waals surface area (Å²) in [6, 6.07) is 2.25. The van der Waals surface area contributed by atoms with Gasteiger partial charge in [-0.25, -0.2) is 4.79 Å². The molecule has 1 aromatic heterocycles. The summed E-state index contributed by atoms with van der Waals surface area (Å²) in [5.74, 6) is -2.09. The van der Waals surface area contributed by atoms with E-state index in [4.69, 9.17) is 5.11 Å². The standard InChI is InChI=1S/C9H8O5/c10-3-1-2-6-4-7(9(12)13)14-8(11)5-6/h1-2,4-5,10H,3H2,(H,12,13)/p-1/b2-1+. The van der Waals surface area contributed by atoms with Crippen molar-refractivity contribution in [2.75, 3.05) is 6.61 Å². The van der Waals surface area contributed by atoms with Gasteiger partial charge in [0.25, 0.3) is 0 Å². The van der Waals surface area contributed by atoms with Crippen molar-refractivity contribution < 1.29 is 19.4 Å². The summed E-state index contributed by atoms with van der Waals surface area (Å²) in [4.78, 5) is 21.2. The molecule has 74 valence electrons. The first-order valence-electron chi connectivity index (χ1n) is 3.77. The Kier molecular flexibility index (Phi) is 3.19. The van der Waals surface area contributed by atoms with Gasteiger partial charge in [0.2, 0.25) is 0 Å². The molecule has 0 spiro atoms. The van der Waals surface area contributed by atoms with Crippen molar-refractivity contribution in [1.29, 1.82) is 0 Å². The number of carboxylic acids is 1. The molecule has 5 heteroatoms. The maximum atomic E-state index is 10.8. The van der Waals surface area contributed by atoms with Crippen LogP contribution in [0.4, 0.5) is 0 Å². The topological polar surface area (TPSA) is 90.6 Å². The fourth-order valence-electron chi connectivity index (χ4n) is 0.882. The molecule has 1 aromatic rings. The van der Waals surface area contributed by atoms with Gasteiger partial charge < -0.3 is 19.4 Å². The van der Waals surface area contributed by atoms with Crippen LogP contribution in [-0.2, 0) is 0 Å². The van der Waals surface area contributed by atoms with E-state index in [1.165, 1.54) is 12.2 Å². The number of carboxylic acid groups (broad SMARTS) is 1. The first-order valence-corrected chi connectivity index (χ1v) is 3.77. The van der Waals surface area contributed by atoms with E-state index in [-0.39, 0.29) is 6.61 Å². The number of rotatable bonds is 3. The molecule has 5 nitrogen and oxygen atoms in total. The number of carbonyl (C=O) groups is 1. The highest BCUT2D eigenvalue weighted by Gasteiger charge is 1.99. The molecule has 1 heterocycles. The number of hydrogen-bond donors (Lipinski definition) is 1. The summed E-state index contributed by atoms with van der Waals surface area (Å²) in [6.45, 7) is -0.194. The van der Waals surface area contributed by atoms with E-state index >= 15 is 0 Å². The first-order chi connectivity index (χ1) is 6.63. The average molecular weight is 195 g/mol. The molecule has 14 heavy (non-hydrogen) atoms. The molecule has 0 bridgehead atoms. The molecule has 0 radical (unpaired) electrons. The minimum Gasteiger partial charge on any atom is -0.542 e. The predicted molar refractivity (Wildman–Crippen MR) is 45.4 cm³/mol. The Hall–Kier alpha value is -1.88. The molecule has 0 aromatic carbocycles. The van der Waals surface area contributed by atoms with Crippen LogP contribution >= 0.6 is 0 Å². The van der Waals surface area contributed by atoms with Crippen LogP contribution in [0.3, 0.4) is 0 Å². The zero-order valence-electron chi connectivity index (χ0n) is 7.10. The SMILES string of the molecule is O=C([O-])c1cc(/C=C/CO)cc(=O)o1. The molecule has 0 saturated carbocycles. The van der Waals surface area contributed by atoms with E-state index in [1.54, 1.807) is 0 Å². The lowest BCUT2D eigenvalue weighted by Crippen LogP contribution is -2.23. The van der Waals surface area contributed by atoms with Crippen LogP contribution in [-0.4, -0.2) is 17.7 Å². The monoisotopic (exact) mass is 195 g/mol. The lowest BCUT2D eigenvalue weighted by Gasteiger charge is -2.00. The largest absolute Gasteiger partial charge is 0.542 e. The normalized spacial score (nSPS) is 10.6. The summed E-state index contributed by atoms with van der Waals surface area (Å²) >= 11 is 0. The maximum absolute atomic E-state index is 10.8. The van der Waals surface area contributed by atoms with Gasteiger partial charge >= 0.3 is 5.63 Å². The van der Waals surface area contributed by atoms with Gasteiger partial charge in [0.15, 0.2) is 5.76 Å². The van der Waals surface area contributed by atoms with Crippen molar-refractivity contribution in [3.63, 3.8) is 0 Å². The van der Waals surface area contributed by atoms with Crippen molar-refractivity contribution >= 4 is 12.0 Å². The Morgan fingerprint density at radius 3 is 2.86 bits per heavy atom. The lowest BCUT2D eigenvalue weighted by atomic mass is 10.2. The van der Waals surface area contributed by atoms with Gasteiger partial charge in [-0.05, 0) is 11.6 Å². The predicted octanol–water partition coefficient (Wildman–Crippen LogP) is -0.991. The fraction of sp³-hybridized carbons (Fsp3) is 0.111. The molecular formula is C9H7O5-. The zero-order valence-corrected chi connectivity index (χ0v) is 7.10. The number of aromatic carboxylic acids is 1. The Bertz CT molecular complexity index is 415. The van der Waals surface area contributed by atoms with Gasteiger partial charge in [-0.1, -0.05) is 12.2 Å². The van der Waals surface area contributed by atoms with Crippen LogP contribution in [0, 0.1) is 0 Å². The third kappa shape index (κ3) is 2.56. The molecular weight excluding hydrogens is 188 g/mol. The Morgan fingerprint density at radius 2 is 2.29 bits per heavy atom. The van der Waals surface area contributed by atoms with Gasteiger partial charge in [-0.15, -0.1) is 0 Å².